The van der Waals surface area contributed by atoms with Crippen molar-refractivity contribution in [2.45, 2.75) is 32.7 Å². The quantitative estimate of drug-likeness (QED) is 0.858. The van der Waals surface area contributed by atoms with E-state index in [0.29, 0.717) is 16.5 Å². The van der Waals surface area contributed by atoms with Crippen molar-refractivity contribution >= 4 is 23.3 Å². The Morgan fingerprint density at radius 1 is 1.39 bits per heavy atom. The van der Waals surface area contributed by atoms with Gasteiger partial charge in [-0.2, -0.15) is 0 Å². The van der Waals surface area contributed by atoms with Crippen molar-refractivity contribution in [3.63, 3.8) is 0 Å². The first-order valence-electron chi connectivity index (χ1n) is 6.01. The molecule has 0 heterocycles. The molecule has 0 unspecified atom stereocenters. The number of halogens is 1. The molecule has 0 spiro atoms. The highest BCUT2D eigenvalue weighted by Crippen LogP contribution is 2.27. The third-order valence-corrected chi connectivity index (χ3v) is 3.03. The van der Waals surface area contributed by atoms with Crippen molar-refractivity contribution in [1.82, 2.24) is 5.32 Å². The van der Waals surface area contributed by atoms with E-state index in [2.05, 4.69) is 10.6 Å². The van der Waals surface area contributed by atoms with Crippen molar-refractivity contribution in [3.05, 3.63) is 23.2 Å². The van der Waals surface area contributed by atoms with Gasteiger partial charge in [0, 0.05) is 11.7 Å². The first-order chi connectivity index (χ1) is 8.60. The number of hydrogen-bond acceptors (Lipinski definition) is 2. The summed E-state index contributed by atoms with van der Waals surface area (Å²) in [6.45, 7) is 4.08. The molecular weight excluding hydrogens is 252 g/mol. The molecule has 1 aromatic carbocycles. The monoisotopic (exact) mass is 270 g/mol. The Balaban J connectivity index is 2.62. The second-order valence-corrected chi connectivity index (χ2v) is 4.37. The minimum Gasteiger partial charge on any atom is -0.495 e. The lowest BCUT2D eigenvalue weighted by Gasteiger charge is -2.15. The van der Waals surface area contributed by atoms with Crippen LogP contribution in [0.25, 0.3) is 0 Å². The van der Waals surface area contributed by atoms with Crippen LogP contribution in [-0.2, 0) is 0 Å². The van der Waals surface area contributed by atoms with Crippen LogP contribution in [0.2, 0.25) is 5.02 Å². The van der Waals surface area contributed by atoms with E-state index in [9.17, 15) is 4.79 Å². The number of rotatable bonds is 5. The summed E-state index contributed by atoms with van der Waals surface area (Å²) in [5.41, 5.74) is 0.643. The molecule has 18 heavy (non-hydrogen) atoms. The maximum Gasteiger partial charge on any atom is 0.319 e. The minimum atomic E-state index is -0.218. The van der Waals surface area contributed by atoms with Gasteiger partial charge < -0.3 is 15.4 Å². The number of hydrogen-bond donors (Lipinski definition) is 2. The lowest BCUT2D eigenvalue weighted by Crippen LogP contribution is -2.37. The van der Waals surface area contributed by atoms with Crippen LogP contribution in [0.5, 0.6) is 5.75 Å². The number of methoxy groups -OCH3 is 1. The molecule has 2 N–H and O–H groups in total. The van der Waals surface area contributed by atoms with Gasteiger partial charge in [0.2, 0.25) is 0 Å². The topological polar surface area (TPSA) is 50.4 Å². The molecular formula is C13H19ClN2O2. The molecule has 4 nitrogen and oxygen atoms in total. The third-order valence-electron chi connectivity index (χ3n) is 2.73. The second kappa shape index (κ2) is 7.11. The number of ether oxygens (including phenoxy) is 1. The van der Waals surface area contributed by atoms with Crippen LogP contribution in [0.3, 0.4) is 0 Å². The number of benzene rings is 1. The van der Waals surface area contributed by atoms with Crippen molar-refractivity contribution in [2.75, 3.05) is 12.4 Å². The van der Waals surface area contributed by atoms with Gasteiger partial charge in [-0.05, 0) is 31.0 Å². The molecule has 0 saturated heterocycles. The standard InChI is InChI=1S/C13H19ClN2O2/c1-4-9(5-2)15-13(17)16-10-6-7-12(18-3)11(14)8-10/h6-9H,4-5H2,1-3H3,(H2,15,16,17). The Morgan fingerprint density at radius 2 is 2.06 bits per heavy atom. The molecule has 0 radical (unpaired) electrons. The summed E-state index contributed by atoms with van der Waals surface area (Å²) in [4.78, 5) is 11.7. The largest absolute Gasteiger partial charge is 0.495 e. The molecule has 0 aliphatic carbocycles. The van der Waals surface area contributed by atoms with Gasteiger partial charge >= 0.3 is 6.03 Å². The predicted molar refractivity (Wildman–Crippen MR) is 74.5 cm³/mol. The normalized spacial score (nSPS) is 10.3. The lowest BCUT2D eigenvalue weighted by molar-refractivity contribution is 0.247. The highest BCUT2D eigenvalue weighted by Gasteiger charge is 2.09. The smallest absolute Gasteiger partial charge is 0.319 e. The fraction of sp³-hybridized carbons (Fsp3) is 0.462. The Morgan fingerprint density at radius 3 is 2.56 bits per heavy atom. The SMILES string of the molecule is CCC(CC)NC(=O)Nc1ccc(OC)c(Cl)c1. The zero-order valence-corrected chi connectivity index (χ0v) is 11.7. The Bertz CT molecular complexity index is 406. The molecule has 0 aliphatic rings. The fourth-order valence-corrected chi connectivity index (χ4v) is 1.85. The van der Waals surface area contributed by atoms with Gasteiger partial charge in [-0.1, -0.05) is 25.4 Å². The van der Waals surface area contributed by atoms with Gasteiger partial charge in [0.1, 0.15) is 5.75 Å². The van der Waals surface area contributed by atoms with E-state index in [1.165, 1.54) is 0 Å². The zero-order valence-electron chi connectivity index (χ0n) is 10.9. The van der Waals surface area contributed by atoms with E-state index >= 15 is 0 Å². The van der Waals surface area contributed by atoms with Gasteiger partial charge in [-0.15, -0.1) is 0 Å². The van der Waals surface area contributed by atoms with Crippen molar-refractivity contribution in [2.24, 2.45) is 0 Å². The van der Waals surface area contributed by atoms with E-state index in [1.807, 2.05) is 13.8 Å². The van der Waals surface area contributed by atoms with Gasteiger partial charge in [-0.25, -0.2) is 4.79 Å². The Labute approximate surface area is 113 Å². The second-order valence-electron chi connectivity index (χ2n) is 3.96. The van der Waals surface area contributed by atoms with E-state index < -0.39 is 0 Å². The number of anilines is 1. The summed E-state index contributed by atoms with van der Waals surface area (Å²) in [5.74, 6) is 0.586. The molecule has 0 saturated carbocycles. The number of carbonyl (C=O) groups excluding carboxylic acids is 1. The molecule has 0 aliphatic heterocycles. The molecule has 5 heteroatoms. The van der Waals surface area contributed by atoms with Crippen LogP contribution in [-0.4, -0.2) is 19.2 Å². The van der Waals surface area contributed by atoms with Crippen molar-refractivity contribution in [3.8, 4) is 5.75 Å². The number of amides is 2. The maximum absolute atomic E-state index is 11.7. The first kappa shape index (κ1) is 14.6. The number of carbonyl (C=O) groups is 1. The van der Waals surface area contributed by atoms with Crippen LogP contribution < -0.4 is 15.4 Å². The summed E-state index contributed by atoms with van der Waals surface area (Å²) in [6.07, 6.45) is 1.82. The predicted octanol–water partition coefficient (Wildman–Crippen LogP) is 3.66. The summed E-state index contributed by atoms with van der Waals surface area (Å²) in [7, 11) is 1.55. The highest BCUT2D eigenvalue weighted by molar-refractivity contribution is 6.32. The van der Waals surface area contributed by atoms with E-state index in [0.717, 1.165) is 12.8 Å². The summed E-state index contributed by atoms with van der Waals surface area (Å²) in [5, 5.41) is 6.10. The molecule has 0 atom stereocenters. The van der Waals surface area contributed by atoms with Crippen LogP contribution >= 0.6 is 11.6 Å². The number of urea groups is 1. The van der Waals surface area contributed by atoms with Crippen LogP contribution in [0.4, 0.5) is 10.5 Å². The average Bonchev–Trinajstić information content (AvgIpc) is 2.36. The highest BCUT2D eigenvalue weighted by atomic mass is 35.5. The molecule has 0 aromatic heterocycles. The molecule has 100 valence electrons. The summed E-state index contributed by atoms with van der Waals surface area (Å²) >= 11 is 5.98. The van der Waals surface area contributed by atoms with Crippen LogP contribution in [0.1, 0.15) is 26.7 Å². The van der Waals surface area contributed by atoms with Gasteiger partial charge in [0.15, 0.2) is 0 Å². The Hall–Kier alpha value is -1.42. The van der Waals surface area contributed by atoms with E-state index in [-0.39, 0.29) is 12.1 Å². The molecule has 2 amide bonds. The van der Waals surface area contributed by atoms with Gasteiger partial charge in [-0.3, -0.25) is 0 Å². The zero-order chi connectivity index (χ0) is 13.5. The van der Waals surface area contributed by atoms with E-state index in [4.69, 9.17) is 16.3 Å². The summed E-state index contributed by atoms with van der Waals surface area (Å²) in [6, 6.07) is 5.10. The number of nitrogens with one attached hydrogen (secondary N) is 2. The van der Waals surface area contributed by atoms with Crippen molar-refractivity contribution in [1.29, 1.82) is 0 Å². The van der Waals surface area contributed by atoms with E-state index in [1.54, 1.807) is 25.3 Å². The third kappa shape index (κ3) is 4.11. The van der Waals surface area contributed by atoms with Crippen LogP contribution in [0, 0.1) is 0 Å². The molecule has 0 bridgehead atoms. The lowest BCUT2D eigenvalue weighted by atomic mass is 10.2. The first-order valence-corrected chi connectivity index (χ1v) is 6.39. The molecule has 1 aromatic rings. The molecule has 1 rings (SSSR count). The van der Waals surface area contributed by atoms with Gasteiger partial charge in [0.05, 0.1) is 12.1 Å². The van der Waals surface area contributed by atoms with Gasteiger partial charge in [0.25, 0.3) is 0 Å². The van der Waals surface area contributed by atoms with Crippen LogP contribution in [0.15, 0.2) is 18.2 Å². The minimum absolute atomic E-state index is 0.193. The Kier molecular flexibility index (Phi) is 5.78. The van der Waals surface area contributed by atoms with Crippen molar-refractivity contribution < 1.29 is 9.53 Å². The molecule has 0 fully saturated rings. The average molecular weight is 271 g/mol. The fourth-order valence-electron chi connectivity index (χ4n) is 1.59. The maximum atomic E-state index is 11.7. The summed E-state index contributed by atoms with van der Waals surface area (Å²) < 4.78 is 5.04.